The Morgan fingerprint density at radius 2 is 2.10 bits per heavy atom. The van der Waals surface area contributed by atoms with Crippen molar-refractivity contribution in [3.05, 3.63) is 29.3 Å². The molecule has 0 spiro atoms. The van der Waals surface area contributed by atoms with Crippen molar-refractivity contribution in [2.75, 3.05) is 13.2 Å². The molecule has 110 valence electrons. The Kier molecular flexibility index (Phi) is 5.54. The molecule has 1 aromatic rings. The van der Waals surface area contributed by atoms with Gasteiger partial charge in [0.15, 0.2) is 6.61 Å². The predicted molar refractivity (Wildman–Crippen MR) is 65.6 cm³/mol. The molecule has 0 heterocycles. The molecule has 1 aromatic carbocycles. The number of halogens is 3. The van der Waals surface area contributed by atoms with Crippen molar-refractivity contribution in [3.63, 3.8) is 0 Å². The van der Waals surface area contributed by atoms with Gasteiger partial charge in [-0.05, 0) is 24.6 Å². The molecule has 0 aromatic heterocycles. The quantitative estimate of drug-likeness (QED) is 0.818. The van der Waals surface area contributed by atoms with Crippen LogP contribution < -0.4 is 10.1 Å². The van der Waals surface area contributed by atoms with Crippen LogP contribution in [0.1, 0.15) is 29.3 Å². The van der Waals surface area contributed by atoms with Gasteiger partial charge in [-0.3, -0.25) is 9.59 Å². The first-order valence-electron chi connectivity index (χ1n) is 5.94. The number of alkyl halides is 3. The first kappa shape index (κ1) is 16.0. The predicted octanol–water partition coefficient (Wildman–Crippen LogP) is 2.42. The Morgan fingerprint density at radius 3 is 2.65 bits per heavy atom. The average molecular weight is 289 g/mol. The molecule has 1 rings (SSSR count). The highest BCUT2D eigenvalue weighted by molar-refractivity contribution is 5.78. The highest BCUT2D eigenvalue weighted by Crippen LogP contribution is 2.36. The van der Waals surface area contributed by atoms with Gasteiger partial charge in [-0.2, -0.15) is 13.2 Å². The summed E-state index contributed by atoms with van der Waals surface area (Å²) >= 11 is 0. The summed E-state index contributed by atoms with van der Waals surface area (Å²) in [6, 6.07) is 2.91. The number of rotatable bonds is 6. The maximum absolute atomic E-state index is 12.8. The Hall–Kier alpha value is -2.05. The van der Waals surface area contributed by atoms with Crippen molar-refractivity contribution in [1.82, 2.24) is 5.32 Å². The molecular weight excluding hydrogens is 275 g/mol. The van der Waals surface area contributed by atoms with Gasteiger partial charge in [0.05, 0.1) is 5.56 Å². The fourth-order valence-electron chi connectivity index (χ4n) is 1.43. The van der Waals surface area contributed by atoms with Crippen molar-refractivity contribution in [2.24, 2.45) is 0 Å². The smallest absolute Gasteiger partial charge is 0.419 e. The summed E-state index contributed by atoms with van der Waals surface area (Å²) in [5, 5.41) is 2.48. The number of hydrogen-bond acceptors (Lipinski definition) is 3. The molecule has 1 N–H and O–H groups in total. The first-order chi connectivity index (χ1) is 9.38. The summed E-state index contributed by atoms with van der Waals surface area (Å²) < 4.78 is 43.3. The van der Waals surface area contributed by atoms with Crippen LogP contribution >= 0.6 is 0 Å². The van der Waals surface area contributed by atoms with E-state index in [1.807, 2.05) is 6.92 Å². The molecule has 20 heavy (non-hydrogen) atoms. The second-order valence-electron chi connectivity index (χ2n) is 4.01. The lowest BCUT2D eigenvalue weighted by atomic mass is 10.1. The van der Waals surface area contributed by atoms with Crippen LogP contribution in [-0.4, -0.2) is 25.3 Å². The van der Waals surface area contributed by atoms with E-state index in [9.17, 15) is 22.8 Å². The molecule has 0 saturated heterocycles. The van der Waals surface area contributed by atoms with Crippen LogP contribution in [0.5, 0.6) is 5.75 Å². The van der Waals surface area contributed by atoms with E-state index in [2.05, 4.69) is 5.32 Å². The lowest BCUT2D eigenvalue weighted by Crippen LogP contribution is -2.29. The topological polar surface area (TPSA) is 55.4 Å². The van der Waals surface area contributed by atoms with Crippen molar-refractivity contribution >= 4 is 12.2 Å². The third-order valence-electron chi connectivity index (χ3n) is 2.38. The average Bonchev–Trinajstić information content (AvgIpc) is 2.41. The summed E-state index contributed by atoms with van der Waals surface area (Å²) in [5.74, 6) is -0.978. The highest BCUT2D eigenvalue weighted by Gasteiger charge is 2.34. The van der Waals surface area contributed by atoms with Gasteiger partial charge in [-0.1, -0.05) is 6.92 Å². The summed E-state index contributed by atoms with van der Waals surface area (Å²) in [6.07, 6.45) is -3.63. The Balaban J connectivity index is 2.84. The fourth-order valence-corrected chi connectivity index (χ4v) is 1.43. The van der Waals surface area contributed by atoms with Gasteiger partial charge in [-0.15, -0.1) is 0 Å². The van der Waals surface area contributed by atoms with E-state index >= 15 is 0 Å². The SMILES string of the molecule is CCCNC(=O)COc1ccc(C=O)cc1C(F)(F)F. The van der Waals surface area contributed by atoms with Crippen LogP contribution in [-0.2, 0) is 11.0 Å². The summed E-state index contributed by atoms with van der Waals surface area (Å²) in [5.41, 5.74) is -1.19. The molecule has 0 atom stereocenters. The van der Waals surface area contributed by atoms with Crippen molar-refractivity contribution in [1.29, 1.82) is 0 Å². The van der Waals surface area contributed by atoms with Gasteiger partial charge >= 0.3 is 6.18 Å². The summed E-state index contributed by atoms with van der Waals surface area (Å²) in [4.78, 5) is 21.8. The minimum atomic E-state index is -4.66. The molecule has 1 amide bonds. The van der Waals surface area contributed by atoms with Crippen LogP contribution in [0.2, 0.25) is 0 Å². The normalized spacial score (nSPS) is 11.0. The van der Waals surface area contributed by atoms with E-state index in [-0.39, 0.29) is 5.56 Å². The second-order valence-corrected chi connectivity index (χ2v) is 4.01. The minimum absolute atomic E-state index is 0.111. The lowest BCUT2D eigenvalue weighted by Gasteiger charge is -2.14. The molecule has 0 aliphatic rings. The molecule has 0 bridgehead atoms. The Bertz CT molecular complexity index is 486. The number of ether oxygens (including phenoxy) is 1. The van der Waals surface area contributed by atoms with E-state index in [1.165, 1.54) is 6.07 Å². The fraction of sp³-hybridized carbons (Fsp3) is 0.385. The largest absolute Gasteiger partial charge is 0.483 e. The zero-order valence-electron chi connectivity index (χ0n) is 10.8. The van der Waals surface area contributed by atoms with Gasteiger partial charge in [0.1, 0.15) is 12.0 Å². The molecular formula is C13H14F3NO3. The molecule has 4 nitrogen and oxygen atoms in total. The summed E-state index contributed by atoms with van der Waals surface area (Å²) in [7, 11) is 0. The third-order valence-corrected chi connectivity index (χ3v) is 2.38. The van der Waals surface area contributed by atoms with E-state index in [1.54, 1.807) is 0 Å². The van der Waals surface area contributed by atoms with E-state index in [4.69, 9.17) is 4.74 Å². The van der Waals surface area contributed by atoms with E-state index in [0.717, 1.165) is 6.07 Å². The number of aldehydes is 1. The summed E-state index contributed by atoms with van der Waals surface area (Å²) in [6.45, 7) is 1.77. The van der Waals surface area contributed by atoms with Crippen LogP contribution in [0.4, 0.5) is 13.2 Å². The molecule has 0 saturated carbocycles. The van der Waals surface area contributed by atoms with Crippen LogP contribution in [0.25, 0.3) is 0 Å². The number of hydrogen-bond donors (Lipinski definition) is 1. The molecule has 0 unspecified atom stereocenters. The Morgan fingerprint density at radius 1 is 1.40 bits per heavy atom. The van der Waals surface area contributed by atoms with Crippen LogP contribution in [0.15, 0.2) is 18.2 Å². The molecule has 0 fully saturated rings. The van der Waals surface area contributed by atoms with Crippen LogP contribution in [0, 0.1) is 0 Å². The van der Waals surface area contributed by atoms with Gasteiger partial charge < -0.3 is 10.1 Å². The van der Waals surface area contributed by atoms with Gasteiger partial charge in [0, 0.05) is 12.1 Å². The Labute approximate surface area is 113 Å². The van der Waals surface area contributed by atoms with Gasteiger partial charge in [0.2, 0.25) is 0 Å². The van der Waals surface area contributed by atoms with Crippen molar-refractivity contribution in [2.45, 2.75) is 19.5 Å². The number of carbonyl (C=O) groups excluding carboxylic acids is 2. The van der Waals surface area contributed by atoms with Crippen LogP contribution in [0.3, 0.4) is 0 Å². The number of carbonyl (C=O) groups is 2. The zero-order chi connectivity index (χ0) is 15.2. The number of nitrogens with one attached hydrogen (secondary N) is 1. The molecule has 7 heteroatoms. The zero-order valence-corrected chi connectivity index (χ0v) is 10.8. The highest BCUT2D eigenvalue weighted by atomic mass is 19.4. The standard InChI is InChI=1S/C13H14F3NO3/c1-2-5-17-12(19)8-20-11-4-3-9(7-18)6-10(11)13(14,15)16/h3-4,6-7H,2,5,8H2,1H3,(H,17,19). The van der Waals surface area contributed by atoms with Crippen molar-refractivity contribution in [3.8, 4) is 5.75 Å². The maximum Gasteiger partial charge on any atom is 0.419 e. The lowest BCUT2D eigenvalue weighted by molar-refractivity contribution is -0.139. The molecule has 0 aliphatic heterocycles. The van der Waals surface area contributed by atoms with E-state index < -0.39 is 30.0 Å². The maximum atomic E-state index is 12.8. The van der Waals surface area contributed by atoms with Crippen molar-refractivity contribution < 1.29 is 27.5 Å². The second kappa shape index (κ2) is 6.93. The molecule has 0 aliphatic carbocycles. The monoisotopic (exact) mass is 289 g/mol. The molecule has 0 radical (unpaired) electrons. The minimum Gasteiger partial charge on any atom is -0.483 e. The van der Waals surface area contributed by atoms with Gasteiger partial charge in [-0.25, -0.2) is 0 Å². The van der Waals surface area contributed by atoms with E-state index in [0.29, 0.717) is 25.3 Å². The third kappa shape index (κ3) is 4.56. The number of benzene rings is 1. The number of amides is 1. The van der Waals surface area contributed by atoms with Gasteiger partial charge in [0.25, 0.3) is 5.91 Å². The first-order valence-corrected chi connectivity index (χ1v) is 5.94.